The maximum Gasteiger partial charge on any atom is 0.252 e. The molecule has 1 aromatic heterocycles. The molecule has 2 aromatic rings. The molecule has 1 fully saturated rings. The van der Waals surface area contributed by atoms with Crippen LogP contribution in [0, 0.1) is 6.92 Å². The molecular formula is C18H24N2O2. The first-order valence-electron chi connectivity index (χ1n) is 8.03. The molecule has 22 heavy (non-hydrogen) atoms. The number of piperidine rings is 1. The molecule has 118 valence electrons. The summed E-state index contributed by atoms with van der Waals surface area (Å²) in [6.45, 7) is 4.52. The molecule has 4 heteroatoms. The zero-order chi connectivity index (χ0) is 15.5. The summed E-state index contributed by atoms with van der Waals surface area (Å²) in [5, 5.41) is 1.10. The van der Waals surface area contributed by atoms with Gasteiger partial charge in [-0.3, -0.25) is 9.69 Å². The first kappa shape index (κ1) is 15.3. The number of fused-ring (bicyclic) bond motifs is 1. The summed E-state index contributed by atoms with van der Waals surface area (Å²) in [6, 6.07) is 8.64. The van der Waals surface area contributed by atoms with Crippen LogP contribution in [0.5, 0.6) is 0 Å². The van der Waals surface area contributed by atoms with Crippen molar-refractivity contribution in [3.8, 4) is 0 Å². The first-order valence-corrected chi connectivity index (χ1v) is 8.03. The van der Waals surface area contributed by atoms with Crippen LogP contribution in [-0.2, 0) is 11.3 Å². The predicted octanol–water partition coefficient (Wildman–Crippen LogP) is 2.84. The Balaban J connectivity index is 1.87. The minimum atomic E-state index is 0.0276. The highest BCUT2D eigenvalue weighted by atomic mass is 16.5. The van der Waals surface area contributed by atoms with Crippen LogP contribution in [0.4, 0.5) is 0 Å². The van der Waals surface area contributed by atoms with Crippen LogP contribution in [0.3, 0.4) is 0 Å². The van der Waals surface area contributed by atoms with Gasteiger partial charge in [-0.25, -0.2) is 0 Å². The van der Waals surface area contributed by atoms with E-state index in [0.29, 0.717) is 12.6 Å². The van der Waals surface area contributed by atoms with E-state index in [2.05, 4.69) is 22.0 Å². The summed E-state index contributed by atoms with van der Waals surface area (Å²) >= 11 is 0. The van der Waals surface area contributed by atoms with Gasteiger partial charge >= 0.3 is 0 Å². The second-order valence-corrected chi connectivity index (χ2v) is 6.29. The van der Waals surface area contributed by atoms with Crippen molar-refractivity contribution < 1.29 is 4.74 Å². The van der Waals surface area contributed by atoms with Crippen molar-refractivity contribution >= 4 is 10.9 Å². The molecule has 0 amide bonds. The Morgan fingerprint density at radius 3 is 3.00 bits per heavy atom. The van der Waals surface area contributed by atoms with Crippen molar-refractivity contribution in [3.63, 3.8) is 0 Å². The van der Waals surface area contributed by atoms with E-state index in [1.165, 1.54) is 12.8 Å². The van der Waals surface area contributed by atoms with Gasteiger partial charge in [-0.1, -0.05) is 18.6 Å². The van der Waals surface area contributed by atoms with Crippen molar-refractivity contribution in [2.75, 3.05) is 20.3 Å². The maximum atomic E-state index is 12.4. The third-order valence-electron chi connectivity index (χ3n) is 4.56. The lowest BCUT2D eigenvalue weighted by atomic mass is 10.0. The third-order valence-corrected chi connectivity index (χ3v) is 4.56. The first-order chi connectivity index (χ1) is 10.7. The fourth-order valence-electron chi connectivity index (χ4n) is 3.35. The minimum absolute atomic E-state index is 0.0276. The number of H-pyrrole nitrogens is 1. The number of methoxy groups -OCH3 is 1. The van der Waals surface area contributed by atoms with Crippen molar-refractivity contribution in [2.24, 2.45) is 0 Å². The summed E-state index contributed by atoms with van der Waals surface area (Å²) in [6.07, 6.45) is 3.60. The molecule has 1 saturated heterocycles. The van der Waals surface area contributed by atoms with Gasteiger partial charge in [0.05, 0.1) is 6.61 Å². The van der Waals surface area contributed by atoms with Crippen LogP contribution in [0.1, 0.15) is 30.4 Å². The molecule has 0 radical (unpaired) electrons. The normalized spacial score (nSPS) is 19.6. The smallest absolute Gasteiger partial charge is 0.252 e. The summed E-state index contributed by atoms with van der Waals surface area (Å²) in [7, 11) is 1.75. The molecular weight excluding hydrogens is 276 g/mol. The van der Waals surface area contributed by atoms with E-state index >= 15 is 0 Å². The zero-order valence-electron chi connectivity index (χ0n) is 13.4. The van der Waals surface area contributed by atoms with E-state index in [0.717, 1.165) is 41.6 Å². The number of hydrogen-bond acceptors (Lipinski definition) is 3. The lowest BCUT2D eigenvalue weighted by Gasteiger charge is -2.35. The molecule has 0 aliphatic carbocycles. The largest absolute Gasteiger partial charge is 0.383 e. The number of aromatic amines is 1. The van der Waals surface area contributed by atoms with E-state index in [1.807, 2.05) is 19.1 Å². The molecule has 0 unspecified atom stereocenters. The van der Waals surface area contributed by atoms with Gasteiger partial charge in [-0.15, -0.1) is 0 Å². The van der Waals surface area contributed by atoms with E-state index in [9.17, 15) is 4.79 Å². The number of nitrogens with one attached hydrogen (secondary N) is 1. The Hall–Kier alpha value is -1.65. The highest BCUT2D eigenvalue weighted by Gasteiger charge is 2.23. The molecule has 4 nitrogen and oxygen atoms in total. The SMILES string of the molecule is COC[C@H]1CCCCN1Cc1cc2ccc(C)cc2[nH]c1=O. The number of nitrogens with zero attached hydrogens (tertiary/aromatic N) is 1. The van der Waals surface area contributed by atoms with E-state index < -0.39 is 0 Å². The Kier molecular flexibility index (Phi) is 4.60. The number of likely N-dealkylation sites (tertiary alicyclic amines) is 1. The van der Waals surface area contributed by atoms with Gasteiger partial charge in [0.15, 0.2) is 0 Å². The van der Waals surface area contributed by atoms with Gasteiger partial charge in [0, 0.05) is 30.8 Å². The molecule has 1 aliphatic heterocycles. The Labute approximate surface area is 131 Å². The van der Waals surface area contributed by atoms with Crippen LogP contribution in [-0.4, -0.2) is 36.2 Å². The second-order valence-electron chi connectivity index (χ2n) is 6.29. The average molecular weight is 300 g/mol. The number of ether oxygens (including phenoxy) is 1. The zero-order valence-corrected chi connectivity index (χ0v) is 13.4. The van der Waals surface area contributed by atoms with Crippen LogP contribution in [0.25, 0.3) is 10.9 Å². The highest BCUT2D eigenvalue weighted by Crippen LogP contribution is 2.20. The third kappa shape index (κ3) is 3.23. The number of rotatable bonds is 4. The standard InChI is InChI=1S/C18H24N2O2/c1-13-6-7-14-10-15(18(21)19-17(14)9-13)11-20-8-4-3-5-16(20)12-22-2/h6-7,9-10,16H,3-5,8,11-12H2,1-2H3,(H,19,21)/t16-/m1/s1. The quantitative estimate of drug-likeness (QED) is 0.944. The van der Waals surface area contributed by atoms with Crippen LogP contribution in [0.15, 0.2) is 29.1 Å². The summed E-state index contributed by atoms with van der Waals surface area (Å²) < 4.78 is 5.34. The molecule has 0 saturated carbocycles. The predicted molar refractivity (Wildman–Crippen MR) is 89.2 cm³/mol. The molecule has 0 bridgehead atoms. The van der Waals surface area contributed by atoms with Crippen molar-refractivity contribution in [3.05, 3.63) is 45.7 Å². The highest BCUT2D eigenvalue weighted by molar-refractivity contribution is 5.79. The lowest BCUT2D eigenvalue weighted by molar-refractivity contribution is 0.0598. The summed E-state index contributed by atoms with van der Waals surface area (Å²) in [5.41, 5.74) is 2.95. The Morgan fingerprint density at radius 2 is 2.18 bits per heavy atom. The van der Waals surface area contributed by atoms with Gasteiger partial charge in [-0.2, -0.15) is 0 Å². The van der Waals surface area contributed by atoms with Gasteiger partial charge in [0.2, 0.25) is 0 Å². The Morgan fingerprint density at radius 1 is 1.32 bits per heavy atom. The number of aromatic nitrogens is 1. The van der Waals surface area contributed by atoms with Crippen LogP contribution < -0.4 is 5.56 Å². The van der Waals surface area contributed by atoms with E-state index in [4.69, 9.17) is 4.74 Å². The molecule has 2 heterocycles. The average Bonchev–Trinajstić information content (AvgIpc) is 2.50. The molecule has 1 aromatic carbocycles. The topological polar surface area (TPSA) is 45.3 Å². The van der Waals surface area contributed by atoms with Gasteiger partial charge in [0.25, 0.3) is 5.56 Å². The monoisotopic (exact) mass is 300 g/mol. The number of pyridine rings is 1. The second kappa shape index (κ2) is 6.63. The van der Waals surface area contributed by atoms with E-state index in [1.54, 1.807) is 7.11 Å². The molecule has 3 rings (SSSR count). The van der Waals surface area contributed by atoms with Gasteiger partial charge in [-0.05, 0) is 49.4 Å². The van der Waals surface area contributed by atoms with E-state index in [-0.39, 0.29) is 5.56 Å². The summed E-state index contributed by atoms with van der Waals surface area (Å²) in [4.78, 5) is 17.8. The van der Waals surface area contributed by atoms with Crippen molar-refractivity contribution in [1.82, 2.24) is 9.88 Å². The fourth-order valence-corrected chi connectivity index (χ4v) is 3.35. The Bertz CT molecular complexity index is 706. The molecule has 0 spiro atoms. The van der Waals surface area contributed by atoms with Gasteiger partial charge < -0.3 is 9.72 Å². The van der Waals surface area contributed by atoms with Gasteiger partial charge in [0.1, 0.15) is 0 Å². The lowest BCUT2D eigenvalue weighted by Crippen LogP contribution is -2.42. The fraction of sp³-hybridized carbons (Fsp3) is 0.500. The van der Waals surface area contributed by atoms with Crippen LogP contribution in [0.2, 0.25) is 0 Å². The summed E-state index contributed by atoms with van der Waals surface area (Å²) in [5.74, 6) is 0. The molecule has 1 N–H and O–H groups in total. The number of hydrogen-bond donors (Lipinski definition) is 1. The molecule has 1 atom stereocenters. The number of aryl methyl sites for hydroxylation is 1. The molecule has 1 aliphatic rings. The number of benzene rings is 1. The maximum absolute atomic E-state index is 12.4. The van der Waals surface area contributed by atoms with Crippen LogP contribution >= 0.6 is 0 Å². The van der Waals surface area contributed by atoms with Crippen molar-refractivity contribution in [1.29, 1.82) is 0 Å². The van der Waals surface area contributed by atoms with Crippen molar-refractivity contribution in [2.45, 2.75) is 38.8 Å². The minimum Gasteiger partial charge on any atom is -0.383 e.